The van der Waals surface area contributed by atoms with Crippen molar-refractivity contribution in [1.82, 2.24) is 15.3 Å². The van der Waals surface area contributed by atoms with Crippen molar-refractivity contribution in [1.29, 1.82) is 0 Å². The Hall–Kier alpha value is -3.06. The van der Waals surface area contributed by atoms with Crippen LogP contribution in [0.4, 0.5) is 4.79 Å². The summed E-state index contributed by atoms with van der Waals surface area (Å²) in [6, 6.07) is 16.4. The highest BCUT2D eigenvalue weighted by molar-refractivity contribution is 5.88. The summed E-state index contributed by atoms with van der Waals surface area (Å²) < 4.78 is 5.22. The lowest BCUT2D eigenvalue weighted by Crippen LogP contribution is -2.53. The van der Waals surface area contributed by atoms with Crippen molar-refractivity contribution >= 4 is 11.9 Å². The molecule has 3 amide bonds. The topological polar surface area (TPSA) is 82.1 Å². The van der Waals surface area contributed by atoms with Gasteiger partial charge in [0, 0.05) is 13.1 Å². The van der Waals surface area contributed by atoms with Crippen molar-refractivity contribution in [2.24, 2.45) is 5.92 Å². The van der Waals surface area contributed by atoms with Crippen molar-refractivity contribution in [3.8, 4) is 5.75 Å². The lowest BCUT2D eigenvalue weighted by molar-refractivity contribution is -0.135. The number of nitrogens with zero attached hydrogens (tertiary/aromatic N) is 2. The molecule has 0 aliphatic carbocycles. The van der Waals surface area contributed by atoms with Gasteiger partial charge in [-0.1, -0.05) is 56.3 Å². The molecule has 1 saturated heterocycles. The van der Waals surface area contributed by atoms with Crippen LogP contribution in [-0.4, -0.2) is 52.7 Å². The summed E-state index contributed by atoms with van der Waals surface area (Å²) in [5, 5.41) is 9.27. The van der Waals surface area contributed by atoms with E-state index < -0.39 is 11.9 Å². The van der Waals surface area contributed by atoms with E-state index in [-0.39, 0.29) is 18.0 Å². The highest BCUT2D eigenvalue weighted by Gasteiger charge is 2.44. The van der Waals surface area contributed by atoms with Crippen LogP contribution < -0.4 is 10.2 Å². The molecule has 1 aliphatic rings. The van der Waals surface area contributed by atoms with Crippen LogP contribution in [0.2, 0.25) is 0 Å². The highest BCUT2D eigenvalue weighted by atomic mass is 16.5. The second-order valence-corrected chi connectivity index (χ2v) is 7.93. The first-order valence-corrected chi connectivity index (χ1v) is 10.1. The molecule has 0 spiro atoms. The summed E-state index contributed by atoms with van der Waals surface area (Å²) in [6.45, 7) is 4.72. The first-order chi connectivity index (χ1) is 14.4. The Morgan fingerprint density at radius 1 is 1.13 bits per heavy atom. The number of hydrogen-bond donors (Lipinski definition) is 2. The number of benzene rings is 2. The van der Waals surface area contributed by atoms with E-state index in [0.717, 1.165) is 16.9 Å². The molecule has 30 heavy (non-hydrogen) atoms. The molecule has 0 saturated carbocycles. The van der Waals surface area contributed by atoms with Crippen LogP contribution in [0.25, 0.3) is 0 Å². The molecule has 0 bridgehead atoms. The third-order valence-electron chi connectivity index (χ3n) is 5.47. The largest absolute Gasteiger partial charge is 0.497 e. The first kappa shape index (κ1) is 21.6. The average Bonchev–Trinajstić information content (AvgIpc) is 3.04. The molecule has 1 fully saturated rings. The number of hydrogen-bond acceptors (Lipinski definition) is 4. The lowest BCUT2D eigenvalue weighted by atomic mass is 9.98. The third-order valence-corrected chi connectivity index (χ3v) is 5.47. The van der Waals surface area contributed by atoms with Gasteiger partial charge in [-0.2, -0.15) is 0 Å². The maximum atomic E-state index is 13.3. The molecule has 3 rings (SSSR count). The zero-order chi connectivity index (χ0) is 21.7. The fourth-order valence-electron chi connectivity index (χ4n) is 4.04. The van der Waals surface area contributed by atoms with Crippen molar-refractivity contribution in [2.45, 2.75) is 38.9 Å². The second kappa shape index (κ2) is 9.63. The predicted molar refractivity (Wildman–Crippen MR) is 113 cm³/mol. The summed E-state index contributed by atoms with van der Waals surface area (Å²) in [7, 11) is 1.62. The summed E-state index contributed by atoms with van der Waals surface area (Å²) >= 11 is 0. The molecule has 0 aromatic heterocycles. The van der Waals surface area contributed by atoms with Crippen molar-refractivity contribution in [3.63, 3.8) is 0 Å². The maximum absolute atomic E-state index is 13.3. The Balaban J connectivity index is 1.88. The SMILES string of the molecule is COc1ccc(CC2CN(Cc3ccccc3)C(=O)N2C(C(=O)NO)C(C)C)cc1. The number of nitrogens with one attached hydrogen (secondary N) is 1. The Morgan fingerprint density at radius 3 is 2.37 bits per heavy atom. The second-order valence-electron chi connectivity index (χ2n) is 7.93. The van der Waals surface area contributed by atoms with Gasteiger partial charge < -0.3 is 14.5 Å². The fourth-order valence-corrected chi connectivity index (χ4v) is 4.04. The Morgan fingerprint density at radius 2 is 1.80 bits per heavy atom. The molecule has 2 atom stereocenters. The van der Waals surface area contributed by atoms with Crippen molar-refractivity contribution < 1.29 is 19.5 Å². The van der Waals surface area contributed by atoms with E-state index in [9.17, 15) is 14.8 Å². The van der Waals surface area contributed by atoms with Crippen LogP contribution in [0, 0.1) is 5.92 Å². The van der Waals surface area contributed by atoms with Crippen LogP contribution in [0.3, 0.4) is 0 Å². The standard InChI is InChI=1S/C23H29N3O4/c1-16(2)21(22(27)24-29)26-19(13-17-9-11-20(30-3)12-10-17)15-25(23(26)28)14-18-7-5-4-6-8-18/h4-12,16,19,21,29H,13-15H2,1-3H3,(H,24,27). The number of rotatable bonds is 8. The Bertz CT molecular complexity index is 855. The molecule has 2 aromatic rings. The van der Waals surface area contributed by atoms with E-state index in [1.807, 2.05) is 68.4 Å². The smallest absolute Gasteiger partial charge is 0.321 e. The van der Waals surface area contributed by atoms with E-state index in [1.54, 1.807) is 22.4 Å². The van der Waals surface area contributed by atoms with Crippen LogP contribution in [0.5, 0.6) is 5.75 Å². The van der Waals surface area contributed by atoms with Gasteiger partial charge in [-0.3, -0.25) is 10.0 Å². The van der Waals surface area contributed by atoms with Gasteiger partial charge in [0.1, 0.15) is 11.8 Å². The number of carbonyl (C=O) groups is 2. The minimum Gasteiger partial charge on any atom is -0.497 e. The molecule has 2 N–H and O–H groups in total. The Kier molecular flexibility index (Phi) is 6.95. The van der Waals surface area contributed by atoms with Crippen molar-refractivity contribution in [3.05, 3.63) is 65.7 Å². The van der Waals surface area contributed by atoms with E-state index in [1.165, 1.54) is 0 Å². The van der Waals surface area contributed by atoms with E-state index in [4.69, 9.17) is 4.74 Å². The summed E-state index contributed by atoms with van der Waals surface area (Å²) in [4.78, 5) is 29.2. The Labute approximate surface area is 177 Å². The summed E-state index contributed by atoms with van der Waals surface area (Å²) in [5.74, 6) is 0.0410. The number of methoxy groups -OCH3 is 1. The van der Waals surface area contributed by atoms with Gasteiger partial charge in [-0.15, -0.1) is 0 Å². The van der Waals surface area contributed by atoms with Gasteiger partial charge >= 0.3 is 6.03 Å². The molecule has 7 nitrogen and oxygen atoms in total. The highest BCUT2D eigenvalue weighted by Crippen LogP contribution is 2.27. The maximum Gasteiger partial charge on any atom is 0.321 e. The normalized spacial score (nSPS) is 17.4. The van der Waals surface area contributed by atoms with Crippen molar-refractivity contribution in [2.75, 3.05) is 13.7 Å². The van der Waals surface area contributed by atoms with Crippen LogP contribution in [0.1, 0.15) is 25.0 Å². The molecule has 1 heterocycles. The predicted octanol–water partition coefficient (Wildman–Crippen LogP) is 3.07. The zero-order valence-corrected chi connectivity index (χ0v) is 17.6. The summed E-state index contributed by atoms with van der Waals surface area (Å²) in [5.41, 5.74) is 3.82. The lowest BCUT2D eigenvalue weighted by Gasteiger charge is -2.33. The van der Waals surface area contributed by atoms with Gasteiger partial charge in [-0.05, 0) is 35.6 Å². The van der Waals surface area contributed by atoms with Gasteiger partial charge in [-0.25, -0.2) is 10.3 Å². The molecule has 2 aromatic carbocycles. The minimum absolute atomic E-state index is 0.156. The molecular formula is C23H29N3O4. The van der Waals surface area contributed by atoms with Gasteiger partial charge in [0.2, 0.25) is 0 Å². The zero-order valence-electron chi connectivity index (χ0n) is 17.6. The van der Waals surface area contributed by atoms with Crippen LogP contribution in [-0.2, 0) is 17.8 Å². The van der Waals surface area contributed by atoms with E-state index in [0.29, 0.717) is 19.5 Å². The van der Waals surface area contributed by atoms with E-state index >= 15 is 0 Å². The minimum atomic E-state index is -0.758. The molecule has 7 heteroatoms. The van der Waals surface area contributed by atoms with Gasteiger partial charge in [0.05, 0.1) is 13.2 Å². The molecule has 2 unspecified atom stereocenters. The number of amides is 3. The molecule has 1 aliphatic heterocycles. The number of urea groups is 1. The molecule has 160 valence electrons. The average molecular weight is 412 g/mol. The fraction of sp³-hybridized carbons (Fsp3) is 0.391. The van der Waals surface area contributed by atoms with Crippen LogP contribution in [0.15, 0.2) is 54.6 Å². The summed E-state index contributed by atoms with van der Waals surface area (Å²) in [6.07, 6.45) is 0.600. The number of hydroxylamine groups is 1. The molecular weight excluding hydrogens is 382 g/mol. The third kappa shape index (κ3) is 4.74. The van der Waals surface area contributed by atoms with Gasteiger partial charge in [0.15, 0.2) is 0 Å². The monoisotopic (exact) mass is 411 g/mol. The van der Waals surface area contributed by atoms with Gasteiger partial charge in [0.25, 0.3) is 5.91 Å². The number of carbonyl (C=O) groups excluding carboxylic acids is 2. The first-order valence-electron chi connectivity index (χ1n) is 10.1. The van der Waals surface area contributed by atoms with Crippen LogP contribution >= 0.6 is 0 Å². The molecule has 0 radical (unpaired) electrons. The number of ether oxygens (including phenoxy) is 1. The quantitative estimate of drug-likeness (QED) is 0.517. The van der Waals surface area contributed by atoms with E-state index in [2.05, 4.69) is 0 Å².